The van der Waals surface area contributed by atoms with Gasteiger partial charge in [-0.25, -0.2) is 0 Å². The minimum absolute atomic E-state index is 0.00824. The predicted octanol–water partition coefficient (Wildman–Crippen LogP) is 2.72. The van der Waals surface area contributed by atoms with E-state index in [0.29, 0.717) is 23.7 Å². The number of fused-ring (bicyclic) bond motifs is 5. The molecule has 0 bridgehead atoms. The smallest absolute Gasteiger partial charge is 0.168 e. The van der Waals surface area contributed by atoms with Crippen molar-refractivity contribution in [1.29, 1.82) is 0 Å². The van der Waals surface area contributed by atoms with E-state index in [0.717, 1.165) is 11.3 Å². The van der Waals surface area contributed by atoms with Gasteiger partial charge in [-0.3, -0.25) is 0 Å². The minimum Gasteiger partial charge on any atom is -0.504 e. The van der Waals surface area contributed by atoms with E-state index in [1.165, 1.54) is 6.07 Å². The van der Waals surface area contributed by atoms with Gasteiger partial charge in [0.15, 0.2) is 11.5 Å². The second kappa shape index (κ2) is 4.22. The molecule has 0 radical (unpaired) electrons. The van der Waals surface area contributed by atoms with Crippen molar-refractivity contribution in [3.8, 4) is 28.7 Å². The number of methoxy groups -OCH3 is 1. The van der Waals surface area contributed by atoms with E-state index < -0.39 is 0 Å². The number of hydrogen-bond donors (Lipinski definition) is 2. The van der Waals surface area contributed by atoms with Gasteiger partial charge in [0.1, 0.15) is 23.4 Å². The second-order valence-corrected chi connectivity index (χ2v) is 5.20. The molecule has 21 heavy (non-hydrogen) atoms. The lowest BCUT2D eigenvalue weighted by Crippen LogP contribution is -2.23. The first-order chi connectivity index (χ1) is 10.2. The highest BCUT2D eigenvalue weighted by molar-refractivity contribution is 5.58. The first-order valence-corrected chi connectivity index (χ1v) is 6.71. The molecule has 0 spiro atoms. The fourth-order valence-electron chi connectivity index (χ4n) is 3.03. The molecule has 2 aromatic rings. The first-order valence-electron chi connectivity index (χ1n) is 6.71. The van der Waals surface area contributed by atoms with Gasteiger partial charge in [0.05, 0.1) is 25.2 Å². The number of aromatic hydroxyl groups is 2. The molecule has 2 unspecified atom stereocenters. The number of rotatable bonds is 1. The predicted molar refractivity (Wildman–Crippen MR) is 74.4 cm³/mol. The number of phenols is 2. The van der Waals surface area contributed by atoms with Gasteiger partial charge < -0.3 is 24.4 Å². The summed E-state index contributed by atoms with van der Waals surface area (Å²) in [6, 6.07) is 8.72. The third-order valence-electron chi connectivity index (χ3n) is 4.10. The van der Waals surface area contributed by atoms with Crippen LogP contribution in [0.1, 0.15) is 23.1 Å². The standard InChI is InChI=1S/C16H14O5/c1-19-8-2-3-9-10-7-20-12-5-4-11(17)15(18)14(12)16(10)21-13(9)6-8/h2-6,10,16-18H,7H2,1H3. The molecule has 0 aromatic heterocycles. The maximum absolute atomic E-state index is 10.1. The van der Waals surface area contributed by atoms with Crippen LogP contribution in [0, 0.1) is 0 Å². The summed E-state index contributed by atoms with van der Waals surface area (Å²) < 4.78 is 16.9. The largest absolute Gasteiger partial charge is 0.504 e. The van der Waals surface area contributed by atoms with Crippen LogP contribution in [0.15, 0.2) is 30.3 Å². The normalized spacial score (nSPS) is 21.6. The van der Waals surface area contributed by atoms with E-state index >= 15 is 0 Å². The van der Waals surface area contributed by atoms with Crippen molar-refractivity contribution in [2.45, 2.75) is 12.0 Å². The van der Waals surface area contributed by atoms with Crippen LogP contribution in [0.5, 0.6) is 28.7 Å². The Morgan fingerprint density at radius 2 is 2.00 bits per heavy atom. The van der Waals surface area contributed by atoms with E-state index in [1.807, 2.05) is 18.2 Å². The van der Waals surface area contributed by atoms with Crippen molar-refractivity contribution in [3.63, 3.8) is 0 Å². The van der Waals surface area contributed by atoms with Crippen LogP contribution in [-0.4, -0.2) is 23.9 Å². The zero-order chi connectivity index (χ0) is 14.6. The lowest BCUT2D eigenvalue weighted by atomic mass is 9.89. The molecule has 2 aliphatic rings. The van der Waals surface area contributed by atoms with E-state index in [4.69, 9.17) is 14.2 Å². The Morgan fingerprint density at radius 1 is 1.14 bits per heavy atom. The lowest BCUT2D eigenvalue weighted by molar-refractivity contribution is 0.135. The Balaban J connectivity index is 1.83. The Kier molecular flexibility index (Phi) is 2.45. The van der Waals surface area contributed by atoms with Crippen LogP contribution in [-0.2, 0) is 0 Å². The first kappa shape index (κ1) is 12.2. The van der Waals surface area contributed by atoms with Crippen LogP contribution in [0.3, 0.4) is 0 Å². The molecule has 5 nitrogen and oxygen atoms in total. The molecule has 108 valence electrons. The number of ether oxygens (including phenoxy) is 3. The van der Waals surface area contributed by atoms with Crippen molar-refractivity contribution in [2.24, 2.45) is 0 Å². The summed E-state index contributed by atoms with van der Waals surface area (Å²) in [4.78, 5) is 0. The summed E-state index contributed by atoms with van der Waals surface area (Å²) in [5, 5.41) is 19.8. The van der Waals surface area contributed by atoms with Crippen molar-refractivity contribution in [2.75, 3.05) is 13.7 Å². The SMILES string of the molecule is COc1ccc2c(c1)OC1c3c(ccc(O)c3O)OCC21. The average Bonchev–Trinajstić information content (AvgIpc) is 2.88. The molecule has 2 heterocycles. The number of phenolic OH excluding ortho intramolecular Hbond substituents is 2. The molecule has 2 atom stereocenters. The van der Waals surface area contributed by atoms with Crippen LogP contribution < -0.4 is 14.2 Å². The molecule has 4 rings (SSSR count). The van der Waals surface area contributed by atoms with E-state index in [-0.39, 0.29) is 23.5 Å². The van der Waals surface area contributed by atoms with E-state index in [1.54, 1.807) is 13.2 Å². The van der Waals surface area contributed by atoms with Gasteiger partial charge in [0.25, 0.3) is 0 Å². The van der Waals surface area contributed by atoms with Crippen LogP contribution in [0.2, 0.25) is 0 Å². The van der Waals surface area contributed by atoms with Gasteiger partial charge in [-0.2, -0.15) is 0 Å². The van der Waals surface area contributed by atoms with Crippen molar-refractivity contribution >= 4 is 0 Å². The highest BCUT2D eigenvalue weighted by atomic mass is 16.5. The molecular weight excluding hydrogens is 272 g/mol. The third-order valence-corrected chi connectivity index (χ3v) is 4.10. The molecule has 0 fully saturated rings. The summed E-state index contributed by atoms with van der Waals surface area (Å²) in [5.41, 5.74) is 1.52. The summed E-state index contributed by atoms with van der Waals surface area (Å²) >= 11 is 0. The summed E-state index contributed by atoms with van der Waals surface area (Å²) in [6.07, 6.45) is -0.358. The molecular formula is C16H14O5. The molecule has 0 saturated heterocycles. The molecule has 0 saturated carbocycles. The Hall–Kier alpha value is -2.56. The van der Waals surface area contributed by atoms with Gasteiger partial charge in [0, 0.05) is 11.6 Å². The van der Waals surface area contributed by atoms with Gasteiger partial charge in [-0.05, 0) is 18.2 Å². The molecule has 0 aliphatic carbocycles. The molecule has 2 aliphatic heterocycles. The zero-order valence-corrected chi connectivity index (χ0v) is 11.4. The summed E-state index contributed by atoms with van der Waals surface area (Å²) in [7, 11) is 1.60. The van der Waals surface area contributed by atoms with Crippen LogP contribution in [0.25, 0.3) is 0 Å². The van der Waals surface area contributed by atoms with E-state index in [9.17, 15) is 10.2 Å². The van der Waals surface area contributed by atoms with Crippen molar-refractivity contribution in [3.05, 3.63) is 41.5 Å². The Bertz CT molecular complexity index is 725. The van der Waals surface area contributed by atoms with Gasteiger partial charge >= 0.3 is 0 Å². The molecule has 2 N–H and O–H groups in total. The van der Waals surface area contributed by atoms with Crippen molar-refractivity contribution in [1.82, 2.24) is 0 Å². The van der Waals surface area contributed by atoms with E-state index in [2.05, 4.69) is 0 Å². The lowest BCUT2D eigenvalue weighted by Gasteiger charge is -2.28. The highest BCUT2D eigenvalue weighted by Crippen LogP contribution is 2.55. The summed E-state index contributed by atoms with van der Waals surface area (Å²) in [5.74, 6) is 1.63. The fraction of sp³-hybridized carbons (Fsp3) is 0.250. The van der Waals surface area contributed by atoms with Gasteiger partial charge in [-0.1, -0.05) is 6.07 Å². The Labute approximate surface area is 121 Å². The van der Waals surface area contributed by atoms with Crippen molar-refractivity contribution < 1.29 is 24.4 Å². The third kappa shape index (κ3) is 1.63. The zero-order valence-electron chi connectivity index (χ0n) is 11.4. The molecule has 2 aromatic carbocycles. The highest BCUT2D eigenvalue weighted by Gasteiger charge is 2.43. The second-order valence-electron chi connectivity index (χ2n) is 5.20. The average molecular weight is 286 g/mol. The fourth-order valence-corrected chi connectivity index (χ4v) is 3.03. The number of benzene rings is 2. The maximum atomic E-state index is 10.1. The van der Waals surface area contributed by atoms with Crippen LogP contribution in [0.4, 0.5) is 0 Å². The quantitative estimate of drug-likeness (QED) is 0.789. The monoisotopic (exact) mass is 286 g/mol. The maximum Gasteiger partial charge on any atom is 0.168 e. The molecule has 5 heteroatoms. The topological polar surface area (TPSA) is 68.2 Å². The Morgan fingerprint density at radius 3 is 2.81 bits per heavy atom. The molecule has 0 amide bonds. The minimum atomic E-state index is -0.358. The summed E-state index contributed by atoms with van der Waals surface area (Å²) in [6.45, 7) is 0.473. The van der Waals surface area contributed by atoms with Gasteiger partial charge in [0.2, 0.25) is 0 Å². The number of hydrogen-bond acceptors (Lipinski definition) is 5. The van der Waals surface area contributed by atoms with Gasteiger partial charge in [-0.15, -0.1) is 0 Å². The van der Waals surface area contributed by atoms with Crippen LogP contribution >= 0.6 is 0 Å².